The summed E-state index contributed by atoms with van der Waals surface area (Å²) in [4.78, 5) is 45.1. The molecule has 39 heteroatoms. The Balaban J connectivity index is 0.000000265. The van der Waals surface area contributed by atoms with Crippen molar-refractivity contribution < 1.29 is 279 Å². The Morgan fingerprint density at radius 1 is 0.402 bits per heavy atom. The van der Waals surface area contributed by atoms with E-state index in [0.29, 0.717) is 52.9 Å². The van der Waals surface area contributed by atoms with Gasteiger partial charge in [-0.25, -0.2) is 36.0 Å². The number of hydrogen-bond donors (Lipinski definition) is 4. The molecule has 10 aromatic rings. The smallest absolute Gasteiger partial charge is 0.867 e. The fourth-order valence-electron chi connectivity index (χ4n) is 7.58. The fraction of sp³-hybridized carbons (Fsp3) is 0.0943. The molecule has 4 aromatic heterocycles. The zero-order valence-electron chi connectivity index (χ0n) is 48.0. The van der Waals surface area contributed by atoms with Crippen LogP contribution in [0.3, 0.4) is 0 Å². The Labute approximate surface area is 645 Å². The second kappa shape index (κ2) is 34.1. The number of methoxy groups -OCH3 is 3. The van der Waals surface area contributed by atoms with Gasteiger partial charge in [0.1, 0.15) is 19.0 Å². The summed E-state index contributed by atoms with van der Waals surface area (Å²) in [5.74, 6) is -5.66. The molecule has 0 saturated heterocycles. The number of rotatable bonds is 17. The first-order valence-electron chi connectivity index (χ1n) is 23.9. The number of ether oxygens (including phenoxy) is 5. The first kappa shape index (κ1) is 78.8. The molecule has 10 rings (SSSR count). The van der Waals surface area contributed by atoms with Crippen LogP contribution in [0.25, 0.3) is 43.9 Å². The third-order valence-electron chi connectivity index (χ3n) is 11.0. The van der Waals surface area contributed by atoms with E-state index in [4.69, 9.17) is 46.0 Å². The summed E-state index contributed by atoms with van der Waals surface area (Å²) in [6, 6.07) is 34.0. The maximum absolute atomic E-state index is 11.8. The van der Waals surface area contributed by atoms with Gasteiger partial charge in [0, 0.05) is 45.8 Å². The molecule has 470 valence electrons. The third-order valence-corrected chi connectivity index (χ3v) is 12.5. The summed E-state index contributed by atoms with van der Waals surface area (Å²) < 4.78 is 187. The van der Waals surface area contributed by atoms with E-state index in [-0.39, 0.29) is 188 Å². The van der Waals surface area contributed by atoms with E-state index in [0.717, 1.165) is 48.6 Å². The van der Waals surface area contributed by atoms with E-state index in [1.807, 2.05) is 60.7 Å². The van der Waals surface area contributed by atoms with Crippen molar-refractivity contribution in [2.45, 2.75) is 13.2 Å². The van der Waals surface area contributed by atoms with Crippen molar-refractivity contribution in [3.63, 3.8) is 0 Å². The van der Waals surface area contributed by atoms with Gasteiger partial charge in [-0.2, -0.15) is 16.8 Å². The van der Waals surface area contributed by atoms with E-state index in [1.54, 1.807) is 12.1 Å². The van der Waals surface area contributed by atoms with Crippen LogP contribution in [0.5, 0.6) is 69.0 Å². The third kappa shape index (κ3) is 22.2. The van der Waals surface area contributed by atoms with Crippen LogP contribution in [-0.2, 0) is 54.8 Å². The van der Waals surface area contributed by atoms with Crippen LogP contribution in [0, 0.1) is 0 Å². The minimum absolute atomic E-state index is 0. The molecule has 0 saturated carbocycles. The van der Waals surface area contributed by atoms with E-state index >= 15 is 0 Å². The zero-order valence-corrected chi connectivity index (χ0v) is 60.6. The maximum Gasteiger partial charge on any atom is 1.00 e. The number of benzene rings is 6. The monoisotopic (exact) mass is 1430 g/mol. The first-order chi connectivity index (χ1) is 41.8. The second-order valence-electron chi connectivity index (χ2n) is 17.0. The summed E-state index contributed by atoms with van der Waals surface area (Å²) >= 11 is 0. The molecule has 0 aliphatic carbocycles. The van der Waals surface area contributed by atoms with Gasteiger partial charge in [-0.1, -0.05) is 60.7 Å². The van der Waals surface area contributed by atoms with Gasteiger partial charge in [-0.3, -0.25) is 9.11 Å². The van der Waals surface area contributed by atoms with Crippen molar-refractivity contribution in [2.24, 2.45) is 0 Å². The largest absolute Gasteiger partial charge is 1.00 e. The average molecular weight is 1430 g/mol. The zero-order chi connectivity index (χ0) is 65.2. The standard InChI is InChI=1S/C24H20O5.C10H8O11S2.C10H8O5.C9H6O11S2.3K/c1-26-23-20(27-15-17-8-4-2-5-9-17)14-19-12-13-21(25)29-22(19)24(23)28-16-18-10-6-3-7-11-18;1-18-9-6(20-22(12,13)14)4-5-2-3-7(11)19-8(5)10(9)21-23(15,16)17;1-14-10-6(11)4-5-2-3-7(12)15-9(5)8(10)13;10-6-2-1-4-3-5(19-21(12,13)14)7(11)9(8(4)18-6)20-22(15,16)17;;;/h2-14H,15-16H2,1H3;2-4H,1H3,(H,12,13,14)(H,15,16,17);2-4,11,13H,1H3;1-3,11H,(H,12,13,14)(H,15,16,17);;;/q;;;;3*+1/p-3. The predicted molar refractivity (Wildman–Crippen MR) is 299 cm³/mol. The Hall–Kier alpha value is -5.69. The minimum Gasteiger partial charge on any atom is -0.867 e. The maximum atomic E-state index is 11.8. The summed E-state index contributed by atoms with van der Waals surface area (Å²) in [6.45, 7) is 0.671. The van der Waals surface area contributed by atoms with E-state index < -0.39 is 110 Å². The summed E-state index contributed by atoms with van der Waals surface area (Å²) in [5, 5.41) is 31.8. The van der Waals surface area contributed by atoms with Crippen molar-refractivity contribution in [3.8, 4) is 69.0 Å². The van der Waals surface area contributed by atoms with Crippen molar-refractivity contribution in [1.82, 2.24) is 0 Å². The van der Waals surface area contributed by atoms with Gasteiger partial charge in [0.15, 0.2) is 45.3 Å². The fourth-order valence-corrected chi connectivity index (χ4v) is 8.99. The number of hydrogen-bond acceptors (Lipinski definition) is 30. The van der Waals surface area contributed by atoms with Crippen LogP contribution < -0.4 is 222 Å². The van der Waals surface area contributed by atoms with Crippen molar-refractivity contribution in [2.75, 3.05) is 21.3 Å². The van der Waals surface area contributed by atoms with Crippen LogP contribution in [-0.4, -0.2) is 83.4 Å². The van der Waals surface area contributed by atoms with Gasteiger partial charge in [0.2, 0.25) is 34.5 Å². The molecule has 92 heavy (non-hydrogen) atoms. The number of fused-ring (bicyclic) bond motifs is 4. The molecule has 0 bridgehead atoms. The first-order valence-corrected chi connectivity index (χ1v) is 29.3. The molecule has 0 amide bonds. The molecule has 0 aliphatic heterocycles. The van der Waals surface area contributed by atoms with Crippen LogP contribution >= 0.6 is 0 Å². The SMILES string of the molecule is COc1c(O)cc2ccc(=O)oc2c1O.COc1c(OCc2ccccc2)cc2ccc(=O)oc2c1OCc1ccccc1.COc1c(OS(=O)(=O)O)cc2ccc(=O)oc2c1OS(=O)(=O)O.O=c1ccc2cc(OS(=O)(=O)[O-])c([O-])c(OS(=O)(=O)[O-])c2o1.[K+].[K+].[K+]. The van der Waals surface area contributed by atoms with E-state index in [1.165, 1.54) is 38.5 Å². The van der Waals surface area contributed by atoms with Gasteiger partial charge < -0.3 is 82.5 Å². The molecule has 0 unspecified atom stereocenters. The molecule has 0 atom stereocenters. The topological polar surface area (TPSA) is 491 Å². The Morgan fingerprint density at radius 2 is 0.772 bits per heavy atom. The van der Waals surface area contributed by atoms with Gasteiger partial charge in [-0.05, 0) is 65.4 Å². The molecule has 0 spiro atoms. The minimum atomic E-state index is -5.46. The molecule has 0 aliphatic rings. The summed E-state index contributed by atoms with van der Waals surface area (Å²) in [6.07, 6.45) is 0. The number of phenolic OH excluding ortho intramolecular Hbond substituents is 2. The van der Waals surface area contributed by atoms with Gasteiger partial charge >= 0.3 is 197 Å². The molecular formula is C53H39K3O32S4. The number of phenols is 2. The van der Waals surface area contributed by atoms with Crippen LogP contribution in [0.15, 0.2) is 170 Å². The molecule has 4 heterocycles. The van der Waals surface area contributed by atoms with Gasteiger partial charge in [-0.15, -0.1) is 0 Å². The predicted octanol–water partition coefficient (Wildman–Crippen LogP) is -4.11. The van der Waals surface area contributed by atoms with Crippen molar-refractivity contribution in [3.05, 3.63) is 186 Å². The average Bonchev–Trinajstić information content (AvgIpc) is 0.830. The van der Waals surface area contributed by atoms with E-state index in [2.05, 4.69) is 21.1 Å². The van der Waals surface area contributed by atoms with Crippen molar-refractivity contribution in [1.29, 1.82) is 0 Å². The quantitative estimate of drug-likeness (QED) is 0.0291. The molecule has 0 fully saturated rings. The molecule has 4 N–H and O–H groups in total. The summed E-state index contributed by atoms with van der Waals surface area (Å²) in [7, 11) is -17.1. The molecule has 0 radical (unpaired) electrons. The van der Waals surface area contributed by atoms with Crippen LogP contribution in [0.1, 0.15) is 11.1 Å². The van der Waals surface area contributed by atoms with Gasteiger partial charge in [0.05, 0.1) is 21.3 Å². The van der Waals surface area contributed by atoms with E-state index in [9.17, 15) is 77.3 Å². The van der Waals surface area contributed by atoms with Crippen LogP contribution in [0.4, 0.5) is 0 Å². The second-order valence-corrected chi connectivity index (χ2v) is 21.0. The molecule has 6 aromatic carbocycles. The van der Waals surface area contributed by atoms with Crippen molar-refractivity contribution >= 4 is 85.5 Å². The Kier molecular flexibility index (Phi) is 29.2. The van der Waals surface area contributed by atoms with Crippen LogP contribution in [0.2, 0.25) is 0 Å². The Bertz CT molecular complexity index is 5010. The molecular weight excluding hydrogens is 1390 g/mol. The summed E-state index contributed by atoms with van der Waals surface area (Å²) in [5.41, 5.74) is -1.78. The van der Waals surface area contributed by atoms with Gasteiger partial charge in [0.25, 0.3) is 20.8 Å². The number of aromatic hydroxyl groups is 2. The molecule has 32 nitrogen and oxygen atoms in total. The Morgan fingerprint density at radius 3 is 1.20 bits per heavy atom. The normalized spacial score (nSPS) is 11.0.